The molecule has 4 rings (SSSR count). The lowest BCUT2D eigenvalue weighted by Crippen LogP contribution is -2.30. The molecule has 1 aliphatic heterocycles. The number of halogens is 3. The Bertz CT molecular complexity index is 883. The molecule has 0 radical (unpaired) electrons. The maximum Gasteiger partial charge on any atom is 0.416 e. The van der Waals surface area contributed by atoms with Crippen molar-refractivity contribution in [1.29, 1.82) is 0 Å². The van der Waals surface area contributed by atoms with Gasteiger partial charge >= 0.3 is 6.18 Å². The monoisotopic (exact) mass is 392 g/mol. The summed E-state index contributed by atoms with van der Waals surface area (Å²) >= 11 is 0. The molecule has 1 aromatic carbocycles. The van der Waals surface area contributed by atoms with Crippen molar-refractivity contribution in [2.45, 2.75) is 37.9 Å². The molecule has 150 valence electrons. The van der Waals surface area contributed by atoms with E-state index >= 15 is 0 Å². The van der Waals surface area contributed by atoms with Gasteiger partial charge in [-0.2, -0.15) is 18.2 Å². The first-order valence-corrected chi connectivity index (χ1v) is 9.40. The molecule has 1 aromatic heterocycles. The molecule has 1 fully saturated rings. The topological polar surface area (TPSA) is 79.1 Å². The number of nitrogens with two attached hydrogens (primary N) is 1. The van der Waals surface area contributed by atoms with Crippen LogP contribution in [0.4, 0.5) is 36.3 Å². The molecule has 0 bridgehead atoms. The van der Waals surface area contributed by atoms with Gasteiger partial charge in [-0.15, -0.1) is 0 Å². The molecular formula is C19H23F3N6. The minimum absolute atomic E-state index is 0.0371. The summed E-state index contributed by atoms with van der Waals surface area (Å²) in [7, 11) is 1.95. The predicted molar refractivity (Wildman–Crippen MR) is 103 cm³/mol. The Morgan fingerprint density at radius 3 is 2.71 bits per heavy atom. The van der Waals surface area contributed by atoms with Crippen molar-refractivity contribution in [2.75, 3.05) is 36.1 Å². The number of hydrogen-bond acceptors (Lipinski definition) is 6. The highest BCUT2D eigenvalue weighted by atomic mass is 19.4. The van der Waals surface area contributed by atoms with E-state index < -0.39 is 11.7 Å². The lowest BCUT2D eigenvalue weighted by Gasteiger charge is -2.21. The third kappa shape index (κ3) is 3.71. The van der Waals surface area contributed by atoms with E-state index in [9.17, 15) is 13.2 Å². The van der Waals surface area contributed by atoms with Crippen LogP contribution in [0.15, 0.2) is 18.2 Å². The molecule has 1 aliphatic carbocycles. The third-order valence-corrected chi connectivity index (χ3v) is 5.35. The molecule has 1 unspecified atom stereocenters. The normalized spacial score (nSPS) is 19.1. The highest BCUT2D eigenvalue weighted by molar-refractivity contribution is 5.64. The predicted octanol–water partition coefficient (Wildman–Crippen LogP) is 3.11. The summed E-state index contributed by atoms with van der Waals surface area (Å²) in [5.41, 5.74) is 7.26. The van der Waals surface area contributed by atoms with E-state index in [-0.39, 0.29) is 11.4 Å². The maximum atomic E-state index is 13.1. The highest BCUT2D eigenvalue weighted by Gasteiger charge is 2.31. The number of aromatic nitrogens is 2. The van der Waals surface area contributed by atoms with Crippen LogP contribution in [0.2, 0.25) is 0 Å². The van der Waals surface area contributed by atoms with Crippen molar-refractivity contribution in [3.05, 3.63) is 35.0 Å². The Morgan fingerprint density at radius 2 is 2.00 bits per heavy atom. The number of alkyl halides is 3. The standard InChI is InChI=1S/C19H23F3N6/c1-24-13-5-6-28(10-13)17-15-3-2-4-16(15)26-18(27-17)25-14-8-11(19(20,21)22)7-12(23)9-14/h7-9,13,24H,2-6,10,23H2,1H3,(H,25,26,27). The number of nitrogens with one attached hydrogen (secondary N) is 2. The second kappa shape index (κ2) is 7.12. The zero-order valence-electron chi connectivity index (χ0n) is 15.6. The van der Waals surface area contributed by atoms with Crippen LogP contribution in [0.3, 0.4) is 0 Å². The number of rotatable bonds is 4. The maximum absolute atomic E-state index is 13.1. The number of nitrogens with zero attached hydrogens (tertiary/aromatic N) is 3. The zero-order chi connectivity index (χ0) is 19.9. The molecule has 2 aliphatic rings. The summed E-state index contributed by atoms with van der Waals surface area (Å²) in [5, 5.41) is 6.22. The van der Waals surface area contributed by atoms with Gasteiger partial charge in [0.05, 0.1) is 11.3 Å². The van der Waals surface area contributed by atoms with E-state index in [4.69, 9.17) is 5.73 Å². The van der Waals surface area contributed by atoms with Gasteiger partial charge in [0.25, 0.3) is 0 Å². The van der Waals surface area contributed by atoms with Crippen LogP contribution in [0.1, 0.15) is 29.7 Å². The van der Waals surface area contributed by atoms with Crippen LogP contribution in [0, 0.1) is 0 Å². The first-order valence-electron chi connectivity index (χ1n) is 9.40. The fraction of sp³-hybridized carbons (Fsp3) is 0.474. The number of benzene rings is 1. The van der Waals surface area contributed by atoms with Crippen molar-refractivity contribution < 1.29 is 13.2 Å². The molecule has 0 saturated carbocycles. The van der Waals surface area contributed by atoms with Crippen LogP contribution in [0.25, 0.3) is 0 Å². The first-order chi connectivity index (χ1) is 13.3. The van der Waals surface area contributed by atoms with E-state index in [0.717, 1.165) is 68.0 Å². The lowest BCUT2D eigenvalue weighted by molar-refractivity contribution is -0.137. The van der Waals surface area contributed by atoms with Crippen LogP contribution in [-0.4, -0.2) is 36.1 Å². The second-order valence-corrected chi connectivity index (χ2v) is 7.34. The number of anilines is 4. The van der Waals surface area contributed by atoms with E-state index in [1.54, 1.807) is 0 Å². The van der Waals surface area contributed by atoms with Crippen molar-refractivity contribution in [1.82, 2.24) is 15.3 Å². The molecule has 2 aromatic rings. The van der Waals surface area contributed by atoms with Crippen LogP contribution < -0.4 is 21.3 Å². The summed E-state index contributed by atoms with van der Waals surface area (Å²) < 4.78 is 39.2. The fourth-order valence-corrected chi connectivity index (χ4v) is 3.93. The summed E-state index contributed by atoms with van der Waals surface area (Å²) in [6.45, 7) is 1.75. The average Bonchev–Trinajstić information content (AvgIpc) is 3.29. The minimum atomic E-state index is -4.46. The van der Waals surface area contributed by atoms with Gasteiger partial charge < -0.3 is 21.3 Å². The van der Waals surface area contributed by atoms with Crippen LogP contribution in [-0.2, 0) is 19.0 Å². The Balaban J connectivity index is 1.66. The van der Waals surface area contributed by atoms with Crippen LogP contribution >= 0.6 is 0 Å². The lowest BCUT2D eigenvalue weighted by atomic mass is 10.1. The Labute approximate surface area is 161 Å². The molecule has 6 nitrogen and oxygen atoms in total. The molecular weight excluding hydrogens is 369 g/mol. The Hall–Kier alpha value is -2.55. The molecule has 2 heterocycles. The van der Waals surface area contributed by atoms with Gasteiger partial charge in [0.15, 0.2) is 0 Å². The SMILES string of the molecule is CNC1CCN(c2nc(Nc3cc(N)cc(C(F)(F)F)c3)nc3c2CCC3)C1. The van der Waals surface area contributed by atoms with Crippen molar-refractivity contribution in [3.8, 4) is 0 Å². The Kier molecular flexibility index (Phi) is 4.78. The van der Waals surface area contributed by atoms with Gasteiger partial charge in [0.1, 0.15) is 5.82 Å². The number of aryl methyl sites for hydroxylation is 1. The first kappa shape index (κ1) is 18.8. The van der Waals surface area contributed by atoms with E-state index in [1.165, 1.54) is 6.07 Å². The van der Waals surface area contributed by atoms with Crippen molar-refractivity contribution in [2.24, 2.45) is 0 Å². The van der Waals surface area contributed by atoms with Crippen molar-refractivity contribution in [3.63, 3.8) is 0 Å². The number of hydrogen-bond donors (Lipinski definition) is 3. The summed E-state index contributed by atoms with van der Waals surface area (Å²) in [6, 6.07) is 3.81. The summed E-state index contributed by atoms with van der Waals surface area (Å²) in [6.07, 6.45) is -0.633. The molecule has 0 amide bonds. The minimum Gasteiger partial charge on any atom is -0.399 e. The van der Waals surface area contributed by atoms with E-state index in [0.29, 0.717) is 12.0 Å². The van der Waals surface area contributed by atoms with Gasteiger partial charge in [-0.1, -0.05) is 0 Å². The van der Waals surface area contributed by atoms with Gasteiger partial charge in [0, 0.05) is 36.1 Å². The smallest absolute Gasteiger partial charge is 0.399 e. The largest absolute Gasteiger partial charge is 0.416 e. The second-order valence-electron chi connectivity index (χ2n) is 7.34. The molecule has 9 heteroatoms. The van der Waals surface area contributed by atoms with Gasteiger partial charge in [0.2, 0.25) is 5.95 Å². The molecule has 1 atom stereocenters. The molecule has 28 heavy (non-hydrogen) atoms. The van der Waals surface area contributed by atoms with Crippen LogP contribution in [0.5, 0.6) is 0 Å². The molecule has 4 N–H and O–H groups in total. The van der Waals surface area contributed by atoms with E-state index in [1.807, 2.05) is 7.05 Å². The number of likely N-dealkylation sites (N-methyl/N-ethyl adjacent to an activating group) is 1. The zero-order valence-corrected chi connectivity index (χ0v) is 15.6. The molecule has 0 spiro atoms. The quantitative estimate of drug-likeness (QED) is 0.694. The third-order valence-electron chi connectivity index (χ3n) is 5.35. The van der Waals surface area contributed by atoms with Crippen molar-refractivity contribution >= 4 is 23.1 Å². The fourth-order valence-electron chi connectivity index (χ4n) is 3.93. The number of fused-ring (bicyclic) bond motifs is 1. The van der Waals surface area contributed by atoms with E-state index in [2.05, 4.69) is 25.5 Å². The Morgan fingerprint density at radius 1 is 1.18 bits per heavy atom. The van der Waals surface area contributed by atoms with Gasteiger partial charge in [-0.25, -0.2) is 4.98 Å². The average molecular weight is 392 g/mol. The summed E-state index contributed by atoms with van der Waals surface area (Å²) in [4.78, 5) is 11.5. The molecule has 1 saturated heterocycles. The van der Waals surface area contributed by atoms with Gasteiger partial charge in [-0.3, -0.25) is 0 Å². The summed E-state index contributed by atoms with van der Waals surface area (Å²) in [5.74, 6) is 1.20. The number of nitrogen functional groups attached to an aromatic ring is 1. The van der Waals surface area contributed by atoms with Gasteiger partial charge in [-0.05, 0) is 50.9 Å². The highest BCUT2D eigenvalue weighted by Crippen LogP contribution is 2.35.